The minimum absolute atomic E-state index is 0.0187. The Morgan fingerprint density at radius 2 is 1.08 bits per heavy atom. The van der Waals surface area contributed by atoms with Gasteiger partial charge in [-0.3, -0.25) is 53.1 Å². The molecule has 0 saturated heterocycles. The van der Waals surface area contributed by atoms with Gasteiger partial charge in [-0.2, -0.15) is 0 Å². The Labute approximate surface area is 413 Å². The molecule has 0 radical (unpaired) electrons. The Morgan fingerprint density at radius 3 is 1.61 bits per heavy atom. The average molecular weight is 1020 g/mol. The van der Waals surface area contributed by atoms with Crippen LogP contribution in [0.1, 0.15) is 76.7 Å². The van der Waals surface area contributed by atoms with Gasteiger partial charge in [0, 0.05) is 25.9 Å². The lowest BCUT2D eigenvalue weighted by Crippen LogP contribution is -2.61. The van der Waals surface area contributed by atoms with Crippen LogP contribution in [-0.4, -0.2) is 171 Å². The number of guanidine groups is 2. The first-order valence-electron chi connectivity index (χ1n) is 22.6. The lowest BCUT2D eigenvalue weighted by atomic mass is 10.0. The molecule has 0 aliphatic heterocycles. The fraction of sp³-hybridized carbons (Fsp3) is 0.571. The highest BCUT2D eigenvalue weighted by molar-refractivity contribution is 5.98. The minimum atomic E-state index is -1.84. The van der Waals surface area contributed by atoms with Gasteiger partial charge in [0.25, 0.3) is 0 Å². The molecule has 0 heterocycles. The van der Waals surface area contributed by atoms with Crippen LogP contribution >= 0.6 is 0 Å². The van der Waals surface area contributed by atoms with Gasteiger partial charge in [0.05, 0.1) is 25.1 Å². The molecule has 7 amide bonds. The highest BCUT2D eigenvalue weighted by Gasteiger charge is 2.35. The SMILES string of the molecule is CC(O)C(NC(=O)C(CCCCN)NC(=O)C(Cc1ccc(O)cc1)NC(=O)C(CC(=O)O)NC(=O)C(N)CCC(=O)O)C(=O)NC(CCCN=C(N)N)C(=O)NCC(=O)NC(CCCN=C(N)N)C(=O)O. The Kier molecular flexibility index (Phi) is 28.4. The van der Waals surface area contributed by atoms with E-state index in [0.717, 1.165) is 6.92 Å². The molecule has 0 aliphatic rings. The van der Waals surface area contributed by atoms with Crippen molar-refractivity contribution in [2.45, 2.75) is 126 Å². The molecule has 0 bridgehead atoms. The van der Waals surface area contributed by atoms with Crippen molar-refractivity contribution in [3.63, 3.8) is 0 Å². The quantitative estimate of drug-likeness (QED) is 0.0171. The van der Waals surface area contributed by atoms with Gasteiger partial charge in [0.15, 0.2) is 11.9 Å². The third-order valence-corrected chi connectivity index (χ3v) is 10.2. The van der Waals surface area contributed by atoms with Crippen molar-refractivity contribution < 1.29 is 73.5 Å². The van der Waals surface area contributed by atoms with Crippen molar-refractivity contribution in [2.75, 3.05) is 26.2 Å². The van der Waals surface area contributed by atoms with E-state index < -0.39 is 127 Å². The van der Waals surface area contributed by atoms with E-state index >= 15 is 0 Å². The summed E-state index contributed by atoms with van der Waals surface area (Å²) in [6.07, 6.45) is -3.45. The summed E-state index contributed by atoms with van der Waals surface area (Å²) in [5.74, 6) is -12.1. The number of carbonyl (C=O) groups is 10. The largest absolute Gasteiger partial charge is 0.508 e. The van der Waals surface area contributed by atoms with Crippen molar-refractivity contribution in [3.05, 3.63) is 29.8 Å². The highest BCUT2D eigenvalue weighted by Crippen LogP contribution is 2.13. The second-order valence-electron chi connectivity index (χ2n) is 16.3. The second-order valence-corrected chi connectivity index (χ2v) is 16.3. The van der Waals surface area contributed by atoms with Crippen LogP contribution in [0.25, 0.3) is 0 Å². The first-order valence-corrected chi connectivity index (χ1v) is 22.6. The average Bonchev–Trinajstić information content (AvgIpc) is 3.30. The van der Waals surface area contributed by atoms with Gasteiger partial charge >= 0.3 is 17.9 Å². The van der Waals surface area contributed by atoms with Crippen LogP contribution in [0, 0.1) is 0 Å². The third-order valence-electron chi connectivity index (χ3n) is 10.2. The van der Waals surface area contributed by atoms with E-state index in [-0.39, 0.29) is 88.7 Å². The van der Waals surface area contributed by atoms with E-state index in [2.05, 4.69) is 47.2 Å². The molecule has 0 aromatic heterocycles. The lowest BCUT2D eigenvalue weighted by molar-refractivity contribution is -0.142. The summed E-state index contributed by atoms with van der Waals surface area (Å²) < 4.78 is 0. The van der Waals surface area contributed by atoms with Crippen molar-refractivity contribution in [2.24, 2.45) is 44.4 Å². The monoisotopic (exact) mass is 1020 g/mol. The van der Waals surface area contributed by atoms with E-state index in [4.69, 9.17) is 39.5 Å². The van der Waals surface area contributed by atoms with Gasteiger partial charge in [-0.05, 0) is 82.5 Å². The summed E-state index contributed by atoms with van der Waals surface area (Å²) in [5.41, 5.74) is 33.1. The molecule has 8 unspecified atom stereocenters. The number of benzene rings is 1. The van der Waals surface area contributed by atoms with E-state index in [9.17, 15) is 68.4 Å². The third kappa shape index (κ3) is 25.7. The zero-order valence-corrected chi connectivity index (χ0v) is 39.7. The molecular weight excluding hydrogens is 955 g/mol. The summed E-state index contributed by atoms with van der Waals surface area (Å²) in [4.78, 5) is 137. The molecule has 30 heteroatoms. The predicted octanol–water partition coefficient (Wildman–Crippen LogP) is -6.67. The molecule has 1 aromatic rings. The summed E-state index contributed by atoms with van der Waals surface area (Å²) >= 11 is 0. The molecule has 72 heavy (non-hydrogen) atoms. The van der Waals surface area contributed by atoms with Crippen molar-refractivity contribution in [1.82, 2.24) is 37.2 Å². The number of carbonyl (C=O) groups excluding carboxylic acids is 7. The Bertz CT molecular complexity index is 2070. The molecule has 30 nitrogen and oxygen atoms in total. The van der Waals surface area contributed by atoms with Crippen LogP contribution in [-0.2, 0) is 54.4 Å². The molecule has 24 N–H and O–H groups in total. The zero-order chi connectivity index (χ0) is 54.5. The smallest absolute Gasteiger partial charge is 0.326 e. The summed E-state index contributed by atoms with van der Waals surface area (Å²) in [6, 6.07) is -5.74. The Balaban J connectivity index is 3.43. The van der Waals surface area contributed by atoms with Crippen molar-refractivity contribution in [1.29, 1.82) is 0 Å². The maximum Gasteiger partial charge on any atom is 0.326 e. The number of amides is 7. The Morgan fingerprint density at radius 1 is 0.583 bits per heavy atom. The standard InChI is InChI=1S/C42H69N15O15/c1-21(58)33(39(70)54-25(7-4-16-49-41(45)46)35(66)51-20-30(60)52-27(40(71)72)8-5-17-50-42(47)48)57-36(67)26(6-2-3-15-43)53-37(68)28(18-22-9-11-23(59)12-10-22)56-38(69)29(19-32(63)64)55-34(65)24(44)13-14-31(61)62/h9-12,21,24-29,33,58-59H,2-8,13-20,43-44H2,1H3,(H,51,66)(H,52,60)(H,53,68)(H,54,70)(H,55,65)(H,56,69)(H,57,67)(H,61,62)(H,63,64)(H,71,72)(H4,45,46,49)(H4,47,48,50). The van der Waals surface area contributed by atoms with E-state index in [1.54, 1.807) is 0 Å². The molecule has 0 fully saturated rings. The van der Waals surface area contributed by atoms with E-state index in [1.807, 2.05) is 0 Å². The van der Waals surface area contributed by atoms with Gasteiger partial charge in [-0.15, -0.1) is 0 Å². The number of nitrogens with one attached hydrogen (secondary N) is 7. The number of nitrogens with zero attached hydrogens (tertiary/aromatic N) is 2. The topological polar surface area (TPSA) is 537 Å². The fourth-order valence-electron chi connectivity index (χ4n) is 6.45. The molecule has 1 rings (SSSR count). The van der Waals surface area contributed by atoms with Crippen LogP contribution in [0.4, 0.5) is 0 Å². The molecular formula is C42H69N15O15. The minimum Gasteiger partial charge on any atom is -0.508 e. The fourth-order valence-corrected chi connectivity index (χ4v) is 6.45. The van der Waals surface area contributed by atoms with Crippen LogP contribution in [0.2, 0.25) is 0 Å². The van der Waals surface area contributed by atoms with E-state index in [1.165, 1.54) is 24.3 Å². The number of aliphatic imine (C=N–C) groups is 2. The lowest BCUT2D eigenvalue weighted by Gasteiger charge is -2.28. The molecule has 1 aromatic carbocycles. The first kappa shape index (κ1) is 62.2. The summed E-state index contributed by atoms with van der Waals surface area (Å²) in [5, 5.41) is 65.0. The molecule has 402 valence electrons. The van der Waals surface area contributed by atoms with E-state index in [0.29, 0.717) is 12.0 Å². The number of carboxylic acid groups (broad SMARTS) is 3. The van der Waals surface area contributed by atoms with Gasteiger partial charge in [-0.1, -0.05) is 12.1 Å². The summed E-state index contributed by atoms with van der Waals surface area (Å²) in [7, 11) is 0. The number of hydrogen-bond acceptors (Lipinski definition) is 16. The number of hydrogen-bond donors (Lipinski definition) is 18. The number of unbranched alkanes of at least 4 members (excludes halogenated alkanes) is 1. The van der Waals surface area contributed by atoms with Gasteiger partial charge in [-0.25, -0.2) is 4.79 Å². The summed E-state index contributed by atoms with van der Waals surface area (Å²) in [6.45, 7) is 0.610. The van der Waals surface area contributed by atoms with Gasteiger partial charge in [0.2, 0.25) is 41.4 Å². The highest BCUT2D eigenvalue weighted by atomic mass is 16.4. The molecule has 0 aliphatic carbocycles. The number of aromatic hydroxyl groups is 1. The van der Waals surface area contributed by atoms with Crippen LogP contribution in [0.15, 0.2) is 34.3 Å². The normalized spacial score (nSPS) is 14.1. The predicted molar refractivity (Wildman–Crippen MR) is 256 cm³/mol. The molecule has 0 spiro atoms. The first-order chi connectivity index (χ1) is 33.8. The Hall–Kier alpha value is -7.86. The van der Waals surface area contributed by atoms with Crippen molar-refractivity contribution >= 4 is 71.2 Å². The second kappa shape index (κ2) is 32.9. The number of aliphatic hydroxyl groups excluding tert-OH is 1. The maximum atomic E-state index is 14.1. The molecule has 8 atom stereocenters. The number of phenolic OH excluding ortho intramolecular Hbond substituents is 1. The number of carboxylic acids is 3. The number of nitrogens with two attached hydrogens (primary N) is 6. The number of aliphatic carboxylic acids is 3. The van der Waals surface area contributed by atoms with Crippen LogP contribution in [0.5, 0.6) is 5.75 Å². The van der Waals surface area contributed by atoms with Gasteiger partial charge in [0.1, 0.15) is 42.0 Å². The number of rotatable bonds is 35. The van der Waals surface area contributed by atoms with Crippen molar-refractivity contribution in [3.8, 4) is 5.75 Å². The molecule has 0 saturated carbocycles. The number of phenols is 1. The van der Waals surface area contributed by atoms with Crippen LogP contribution in [0.3, 0.4) is 0 Å². The number of aliphatic hydroxyl groups is 1. The zero-order valence-electron chi connectivity index (χ0n) is 39.7. The van der Waals surface area contributed by atoms with Crippen LogP contribution < -0.4 is 71.6 Å². The van der Waals surface area contributed by atoms with Gasteiger partial charge < -0.3 is 97.2 Å². The maximum absolute atomic E-state index is 14.1.